The Kier molecular flexibility index (Phi) is 4.29. The van der Waals surface area contributed by atoms with Crippen LogP contribution in [0.1, 0.15) is 18.9 Å². The maximum absolute atomic E-state index is 11.6. The summed E-state index contributed by atoms with van der Waals surface area (Å²) in [5.74, 6) is 0.211. The van der Waals surface area contributed by atoms with Gasteiger partial charge >= 0.3 is 0 Å². The maximum atomic E-state index is 11.6. The average molecular weight is 233 g/mol. The van der Waals surface area contributed by atoms with E-state index < -0.39 is 0 Å². The molecular weight excluding hydrogens is 214 g/mol. The number of rotatable bonds is 4. The number of nitrogens with zero attached hydrogens (tertiary/aromatic N) is 1. The Balaban J connectivity index is 1.92. The molecule has 0 radical (unpaired) electrons. The molecule has 1 aromatic rings. The van der Waals surface area contributed by atoms with E-state index in [0.717, 1.165) is 19.6 Å². The van der Waals surface area contributed by atoms with Crippen molar-refractivity contribution in [1.82, 2.24) is 4.90 Å². The van der Waals surface area contributed by atoms with Crippen LogP contribution >= 0.6 is 0 Å². The number of ketones is 1. The van der Waals surface area contributed by atoms with Crippen molar-refractivity contribution in [2.75, 3.05) is 19.7 Å². The first-order chi connectivity index (χ1) is 8.29. The smallest absolute Gasteiger partial charge is 0.162 e. The van der Waals surface area contributed by atoms with Gasteiger partial charge in [-0.3, -0.25) is 9.69 Å². The van der Waals surface area contributed by atoms with Gasteiger partial charge in [-0.25, -0.2) is 0 Å². The molecule has 0 unspecified atom stereocenters. The molecule has 1 heterocycles. The molecule has 0 spiro atoms. The molecule has 0 aromatic heterocycles. The summed E-state index contributed by atoms with van der Waals surface area (Å²) >= 11 is 0. The monoisotopic (exact) mass is 233 g/mol. The van der Waals surface area contributed by atoms with Gasteiger partial charge in [0.15, 0.2) is 5.78 Å². The maximum Gasteiger partial charge on any atom is 0.162 e. The van der Waals surface area contributed by atoms with Gasteiger partial charge in [-0.2, -0.15) is 0 Å². The van der Waals surface area contributed by atoms with E-state index in [-0.39, 0.29) is 11.9 Å². The van der Waals surface area contributed by atoms with Crippen LogP contribution in [0, 0.1) is 0 Å². The fourth-order valence-electron chi connectivity index (χ4n) is 2.11. The largest absolute Gasteiger partial charge is 0.368 e. The van der Waals surface area contributed by atoms with Gasteiger partial charge in [-0.05, 0) is 5.56 Å². The molecule has 0 saturated carbocycles. The quantitative estimate of drug-likeness (QED) is 0.795. The number of carbonyl (C=O) groups is 1. The lowest BCUT2D eigenvalue weighted by Gasteiger charge is -2.32. The first-order valence-corrected chi connectivity index (χ1v) is 6.20. The number of morpholine rings is 1. The molecule has 3 nitrogen and oxygen atoms in total. The average Bonchev–Trinajstić information content (AvgIpc) is 2.39. The SMILES string of the molecule is CCC(=O)[C@@H]1CN(Cc2ccccc2)CCO1. The molecule has 3 heteroatoms. The van der Waals surface area contributed by atoms with E-state index in [1.807, 2.05) is 25.1 Å². The van der Waals surface area contributed by atoms with Crippen molar-refractivity contribution < 1.29 is 9.53 Å². The van der Waals surface area contributed by atoms with E-state index in [2.05, 4.69) is 17.0 Å². The molecule has 0 aliphatic carbocycles. The molecule has 0 bridgehead atoms. The second-order valence-electron chi connectivity index (χ2n) is 4.40. The van der Waals surface area contributed by atoms with Crippen LogP contribution in [-0.2, 0) is 16.1 Å². The van der Waals surface area contributed by atoms with Crippen LogP contribution in [0.5, 0.6) is 0 Å². The first-order valence-electron chi connectivity index (χ1n) is 6.20. The molecular formula is C14H19NO2. The highest BCUT2D eigenvalue weighted by Gasteiger charge is 2.25. The van der Waals surface area contributed by atoms with Gasteiger partial charge in [0.2, 0.25) is 0 Å². The minimum absolute atomic E-state index is 0.211. The molecule has 17 heavy (non-hydrogen) atoms. The fraction of sp³-hybridized carbons (Fsp3) is 0.500. The van der Waals surface area contributed by atoms with Crippen LogP contribution in [0.2, 0.25) is 0 Å². The van der Waals surface area contributed by atoms with E-state index in [9.17, 15) is 4.79 Å². The van der Waals surface area contributed by atoms with Gasteiger partial charge < -0.3 is 4.74 Å². The number of Topliss-reactive ketones (excluding diaryl/α,β-unsaturated/α-hetero) is 1. The summed E-state index contributed by atoms with van der Waals surface area (Å²) in [5, 5.41) is 0. The van der Waals surface area contributed by atoms with Crippen molar-refractivity contribution >= 4 is 5.78 Å². The van der Waals surface area contributed by atoms with Gasteiger partial charge in [0, 0.05) is 26.1 Å². The normalized spacial score (nSPS) is 21.4. The highest BCUT2D eigenvalue weighted by molar-refractivity contribution is 5.83. The molecule has 92 valence electrons. The Bertz CT molecular complexity index is 364. The van der Waals surface area contributed by atoms with Crippen LogP contribution in [0.15, 0.2) is 30.3 Å². The molecule has 1 saturated heterocycles. The lowest BCUT2D eigenvalue weighted by atomic mass is 10.1. The third-order valence-electron chi connectivity index (χ3n) is 3.11. The number of benzene rings is 1. The Labute approximate surface area is 102 Å². The van der Waals surface area contributed by atoms with Gasteiger partial charge in [0.1, 0.15) is 6.10 Å². The summed E-state index contributed by atoms with van der Waals surface area (Å²) in [6.07, 6.45) is 0.335. The lowest BCUT2D eigenvalue weighted by molar-refractivity contribution is -0.136. The highest BCUT2D eigenvalue weighted by atomic mass is 16.5. The van der Waals surface area contributed by atoms with Crippen LogP contribution in [0.3, 0.4) is 0 Å². The Hall–Kier alpha value is -1.19. The lowest BCUT2D eigenvalue weighted by Crippen LogP contribution is -2.45. The molecule has 0 amide bonds. The molecule has 1 aromatic carbocycles. The molecule has 1 atom stereocenters. The van der Waals surface area contributed by atoms with Crippen molar-refractivity contribution in [3.63, 3.8) is 0 Å². The zero-order valence-electron chi connectivity index (χ0n) is 10.3. The van der Waals surface area contributed by atoms with Crippen LogP contribution in [0.4, 0.5) is 0 Å². The molecule has 0 N–H and O–H groups in total. The predicted octanol–water partition coefficient (Wildman–Crippen LogP) is 1.87. The Morgan fingerprint density at radius 2 is 2.18 bits per heavy atom. The van der Waals surface area contributed by atoms with Crippen molar-refractivity contribution in [2.45, 2.75) is 26.0 Å². The first kappa shape index (κ1) is 12.3. The fourth-order valence-corrected chi connectivity index (χ4v) is 2.11. The molecule has 1 fully saturated rings. The molecule has 2 rings (SSSR count). The summed E-state index contributed by atoms with van der Waals surface area (Å²) in [6, 6.07) is 10.3. The molecule has 1 aliphatic heterocycles. The number of ether oxygens (including phenoxy) is 1. The highest BCUT2D eigenvalue weighted by Crippen LogP contribution is 2.11. The Morgan fingerprint density at radius 3 is 2.88 bits per heavy atom. The van der Waals surface area contributed by atoms with Gasteiger partial charge in [0.25, 0.3) is 0 Å². The number of carbonyl (C=O) groups excluding carboxylic acids is 1. The molecule has 1 aliphatic rings. The van der Waals surface area contributed by atoms with Gasteiger partial charge in [-0.1, -0.05) is 37.3 Å². The second kappa shape index (κ2) is 5.94. The minimum Gasteiger partial charge on any atom is -0.368 e. The van der Waals surface area contributed by atoms with Crippen molar-refractivity contribution in [1.29, 1.82) is 0 Å². The second-order valence-corrected chi connectivity index (χ2v) is 4.40. The van der Waals surface area contributed by atoms with E-state index in [0.29, 0.717) is 13.0 Å². The van der Waals surface area contributed by atoms with Gasteiger partial charge in [-0.15, -0.1) is 0 Å². The van der Waals surface area contributed by atoms with Crippen LogP contribution in [-0.4, -0.2) is 36.5 Å². The van der Waals surface area contributed by atoms with Crippen LogP contribution < -0.4 is 0 Å². The standard InChI is InChI=1S/C14H19NO2/c1-2-13(16)14-11-15(8-9-17-14)10-12-6-4-3-5-7-12/h3-7,14H,2,8-11H2,1H3/t14-/m0/s1. The van der Waals surface area contributed by atoms with Crippen molar-refractivity contribution in [2.24, 2.45) is 0 Å². The number of hydrogen-bond donors (Lipinski definition) is 0. The van der Waals surface area contributed by atoms with E-state index in [1.165, 1.54) is 5.56 Å². The van der Waals surface area contributed by atoms with E-state index in [4.69, 9.17) is 4.74 Å². The summed E-state index contributed by atoms with van der Waals surface area (Å²) in [7, 11) is 0. The summed E-state index contributed by atoms with van der Waals surface area (Å²) in [4.78, 5) is 13.9. The van der Waals surface area contributed by atoms with Crippen LogP contribution in [0.25, 0.3) is 0 Å². The van der Waals surface area contributed by atoms with Crippen molar-refractivity contribution in [3.8, 4) is 0 Å². The van der Waals surface area contributed by atoms with E-state index in [1.54, 1.807) is 0 Å². The van der Waals surface area contributed by atoms with Gasteiger partial charge in [0.05, 0.1) is 6.61 Å². The third kappa shape index (κ3) is 3.38. The third-order valence-corrected chi connectivity index (χ3v) is 3.11. The zero-order valence-corrected chi connectivity index (χ0v) is 10.3. The summed E-state index contributed by atoms with van der Waals surface area (Å²) in [6.45, 7) is 5.08. The van der Waals surface area contributed by atoms with Crippen molar-refractivity contribution in [3.05, 3.63) is 35.9 Å². The zero-order chi connectivity index (χ0) is 12.1. The Morgan fingerprint density at radius 1 is 1.41 bits per heavy atom. The minimum atomic E-state index is -0.225. The summed E-state index contributed by atoms with van der Waals surface area (Å²) < 4.78 is 5.51. The number of hydrogen-bond acceptors (Lipinski definition) is 3. The van der Waals surface area contributed by atoms with E-state index >= 15 is 0 Å². The predicted molar refractivity (Wildman–Crippen MR) is 66.8 cm³/mol. The summed E-state index contributed by atoms with van der Waals surface area (Å²) in [5.41, 5.74) is 1.29. The topological polar surface area (TPSA) is 29.5 Å².